The molecule has 2 saturated heterocycles. The predicted molar refractivity (Wildman–Crippen MR) is 92.0 cm³/mol. The van der Waals surface area contributed by atoms with Gasteiger partial charge in [0.25, 0.3) is 0 Å². The standard InChI is InChI=1S/C20H22O6/c21-11-15-17(22)18(26-20(24-15)14-9-5-2-6-10-14)16-12-23-19(25-16)13-7-3-1-4-8-13/h1-10,15-22H,11-12H2/t15-,16+,17-,18-,19?,20?/m0/s1. The van der Waals surface area contributed by atoms with Gasteiger partial charge < -0.3 is 29.2 Å². The summed E-state index contributed by atoms with van der Waals surface area (Å²) in [7, 11) is 0. The highest BCUT2D eigenvalue weighted by molar-refractivity contribution is 5.18. The minimum atomic E-state index is -1.01. The van der Waals surface area contributed by atoms with Crippen LogP contribution in [0.1, 0.15) is 23.7 Å². The van der Waals surface area contributed by atoms with Gasteiger partial charge in [-0.05, 0) is 0 Å². The lowest BCUT2D eigenvalue weighted by Gasteiger charge is -2.40. The third-order valence-corrected chi connectivity index (χ3v) is 4.70. The summed E-state index contributed by atoms with van der Waals surface area (Å²) in [6.45, 7) is -0.0129. The van der Waals surface area contributed by atoms with Gasteiger partial charge in [-0.3, -0.25) is 0 Å². The van der Waals surface area contributed by atoms with Crippen molar-refractivity contribution in [1.82, 2.24) is 0 Å². The van der Waals surface area contributed by atoms with Crippen LogP contribution >= 0.6 is 0 Å². The fraction of sp³-hybridized carbons (Fsp3) is 0.400. The average molecular weight is 358 g/mol. The van der Waals surface area contributed by atoms with Crippen molar-refractivity contribution in [2.24, 2.45) is 0 Å². The van der Waals surface area contributed by atoms with Gasteiger partial charge in [-0.25, -0.2) is 0 Å². The van der Waals surface area contributed by atoms with Gasteiger partial charge in [0.2, 0.25) is 0 Å². The highest BCUT2D eigenvalue weighted by atomic mass is 16.8. The van der Waals surface area contributed by atoms with Crippen LogP contribution in [0.5, 0.6) is 0 Å². The molecule has 2 aliphatic rings. The highest BCUT2D eigenvalue weighted by Crippen LogP contribution is 2.36. The van der Waals surface area contributed by atoms with Gasteiger partial charge in [0.05, 0.1) is 13.2 Å². The molecule has 2 fully saturated rings. The molecule has 6 atom stereocenters. The molecule has 2 aromatic carbocycles. The van der Waals surface area contributed by atoms with Crippen LogP contribution in [0.15, 0.2) is 60.7 Å². The quantitative estimate of drug-likeness (QED) is 0.870. The van der Waals surface area contributed by atoms with Crippen molar-refractivity contribution < 1.29 is 29.2 Å². The van der Waals surface area contributed by atoms with Crippen molar-refractivity contribution in [2.45, 2.75) is 37.0 Å². The van der Waals surface area contributed by atoms with E-state index in [1.807, 2.05) is 60.7 Å². The number of hydrogen-bond donors (Lipinski definition) is 2. The van der Waals surface area contributed by atoms with E-state index in [2.05, 4.69) is 0 Å². The molecule has 26 heavy (non-hydrogen) atoms. The normalized spacial score (nSPS) is 34.7. The van der Waals surface area contributed by atoms with Gasteiger partial charge in [0, 0.05) is 11.1 Å². The zero-order chi connectivity index (χ0) is 17.9. The first-order chi connectivity index (χ1) is 12.8. The zero-order valence-electron chi connectivity index (χ0n) is 14.2. The molecule has 2 heterocycles. The number of hydrogen-bond acceptors (Lipinski definition) is 6. The topological polar surface area (TPSA) is 77.4 Å². The van der Waals surface area contributed by atoms with Gasteiger partial charge in [0.1, 0.15) is 24.4 Å². The van der Waals surface area contributed by atoms with Crippen LogP contribution in [0.25, 0.3) is 0 Å². The second-order valence-corrected chi connectivity index (χ2v) is 6.44. The Morgan fingerprint density at radius 2 is 1.42 bits per heavy atom. The molecule has 0 spiro atoms. The van der Waals surface area contributed by atoms with E-state index in [1.54, 1.807) is 0 Å². The molecule has 0 radical (unpaired) electrons. The van der Waals surface area contributed by atoms with E-state index in [0.29, 0.717) is 6.61 Å². The molecule has 0 amide bonds. The minimum Gasteiger partial charge on any atom is -0.394 e. The Bertz CT molecular complexity index is 694. The van der Waals surface area contributed by atoms with Crippen molar-refractivity contribution in [3.05, 3.63) is 71.8 Å². The molecule has 138 valence electrons. The first kappa shape index (κ1) is 17.6. The van der Waals surface area contributed by atoms with Crippen LogP contribution in [0.2, 0.25) is 0 Å². The van der Waals surface area contributed by atoms with Gasteiger partial charge in [0.15, 0.2) is 12.6 Å². The lowest BCUT2D eigenvalue weighted by atomic mass is 10.0. The van der Waals surface area contributed by atoms with Crippen LogP contribution in [0, 0.1) is 0 Å². The van der Waals surface area contributed by atoms with E-state index in [0.717, 1.165) is 11.1 Å². The Kier molecular flexibility index (Phi) is 5.31. The molecule has 0 aliphatic carbocycles. The van der Waals surface area contributed by atoms with Gasteiger partial charge in [-0.15, -0.1) is 0 Å². The maximum Gasteiger partial charge on any atom is 0.184 e. The number of aliphatic hydroxyl groups excluding tert-OH is 2. The Hall–Kier alpha value is -1.80. The van der Waals surface area contributed by atoms with Crippen molar-refractivity contribution in [3.63, 3.8) is 0 Å². The highest BCUT2D eigenvalue weighted by Gasteiger charge is 2.46. The Labute approximate surface area is 151 Å². The smallest absolute Gasteiger partial charge is 0.184 e. The first-order valence-electron chi connectivity index (χ1n) is 8.73. The Morgan fingerprint density at radius 3 is 2.04 bits per heavy atom. The number of benzene rings is 2. The second kappa shape index (κ2) is 7.84. The number of aliphatic hydroxyl groups is 2. The van der Waals surface area contributed by atoms with Crippen LogP contribution in [0.4, 0.5) is 0 Å². The minimum absolute atomic E-state index is 0.293. The molecule has 2 aliphatic heterocycles. The van der Waals surface area contributed by atoms with Gasteiger partial charge in [-0.2, -0.15) is 0 Å². The summed E-state index contributed by atoms with van der Waals surface area (Å²) >= 11 is 0. The zero-order valence-corrected chi connectivity index (χ0v) is 14.2. The SMILES string of the molecule is OC[C@@H]1OC(c2ccccc2)O[C@@H]([C@H]2COC(c3ccccc3)O2)[C@H]1O. The summed E-state index contributed by atoms with van der Waals surface area (Å²) in [4.78, 5) is 0. The van der Waals surface area contributed by atoms with Crippen molar-refractivity contribution in [3.8, 4) is 0 Å². The van der Waals surface area contributed by atoms with E-state index in [1.165, 1.54) is 0 Å². The lowest BCUT2D eigenvalue weighted by molar-refractivity contribution is -0.310. The average Bonchev–Trinajstić information content (AvgIpc) is 3.19. The molecule has 2 unspecified atom stereocenters. The van der Waals surface area contributed by atoms with Crippen LogP contribution in [-0.4, -0.2) is 47.8 Å². The van der Waals surface area contributed by atoms with Crippen molar-refractivity contribution in [1.29, 1.82) is 0 Å². The third-order valence-electron chi connectivity index (χ3n) is 4.70. The molecule has 4 rings (SSSR count). The number of rotatable bonds is 4. The van der Waals surface area contributed by atoms with E-state index >= 15 is 0 Å². The number of ether oxygens (including phenoxy) is 4. The summed E-state index contributed by atoms with van der Waals surface area (Å²) in [5, 5.41) is 20.2. The van der Waals surface area contributed by atoms with E-state index < -0.39 is 37.0 Å². The third kappa shape index (κ3) is 3.53. The summed E-state index contributed by atoms with van der Waals surface area (Å²) < 4.78 is 23.4. The van der Waals surface area contributed by atoms with Gasteiger partial charge in [-0.1, -0.05) is 60.7 Å². The maximum atomic E-state index is 10.6. The summed E-state index contributed by atoms with van der Waals surface area (Å²) in [5.41, 5.74) is 1.73. The molecule has 2 aromatic rings. The van der Waals surface area contributed by atoms with Crippen molar-refractivity contribution in [2.75, 3.05) is 13.2 Å². The van der Waals surface area contributed by atoms with E-state index in [9.17, 15) is 10.2 Å². The van der Waals surface area contributed by atoms with Gasteiger partial charge >= 0.3 is 0 Å². The lowest BCUT2D eigenvalue weighted by Crippen LogP contribution is -2.54. The summed E-state index contributed by atoms with van der Waals surface area (Å²) in [6.07, 6.45) is -4.07. The Morgan fingerprint density at radius 1 is 0.808 bits per heavy atom. The molecule has 0 bridgehead atoms. The molecule has 2 N–H and O–H groups in total. The monoisotopic (exact) mass is 358 g/mol. The predicted octanol–water partition coefficient (Wildman–Crippen LogP) is 1.94. The largest absolute Gasteiger partial charge is 0.394 e. The molecule has 0 saturated carbocycles. The summed E-state index contributed by atoms with van der Waals surface area (Å²) in [5.74, 6) is 0. The van der Waals surface area contributed by atoms with Crippen LogP contribution < -0.4 is 0 Å². The molecule has 6 nitrogen and oxygen atoms in total. The first-order valence-corrected chi connectivity index (χ1v) is 8.73. The molecule has 6 heteroatoms. The molecule has 0 aromatic heterocycles. The molecular formula is C20H22O6. The van der Waals surface area contributed by atoms with E-state index in [-0.39, 0.29) is 6.61 Å². The second-order valence-electron chi connectivity index (χ2n) is 6.44. The van der Waals surface area contributed by atoms with Crippen LogP contribution in [-0.2, 0) is 18.9 Å². The Balaban J connectivity index is 1.51. The summed E-state index contributed by atoms with van der Waals surface area (Å²) in [6, 6.07) is 19.1. The van der Waals surface area contributed by atoms with Crippen LogP contribution in [0.3, 0.4) is 0 Å². The van der Waals surface area contributed by atoms with E-state index in [4.69, 9.17) is 18.9 Å². The maximum absolute atomic E-state index is 10.6. The van der Waals surface area contributed by atoms with Crippen molar-refractivity contribution >= 4 is 0 Å². The molecular weight excluding hydrogens is 336 g/mol. The fourth-order valence-electron chi connectivity index (χ4n) is 3.31. The fourth-order valence-corrected chi connectivity index (χ4v) is 3.31.